The molecule has 0 spiro atoms. The Bertz CT molecular complexity index is 345. The Morgan fingerprint density at radius 3 is 2.38 bits per heavy atom. The van der Waals surface area contributed by atoms with E-state index in [0.29, 0.717) is 10.9 Å². The SMILES string of the molecule is CCC(C)CN(C)c1ccc(C(N)=S)cc1. The van der Waals surface area contributed by atoms with E-state index in [9.17, 15) is 0 Å². The van der Waals surface area contributed by atoms with Crippen LogP contribution in [0.25, 0.3) is 0 Å². The molecule has 0 radical (unpaired) electrons. The second kappa shape index (κ2) is 5.85. The number of hydrogen-bond donors (Lipinski definition) is 1. The van der Waals surface area contributed by atoms with Crippen molar-refractivity contribution in [1.29, 1.82) is 0 Å². The molecule has 0 aliphatic carbocycles. The van der Waals surface area contributed by atoms with Gasteiger partial charge in [0.1, 0.15) is 4.99 Å². The van der Waals surface area contributed by atoms with Crippen LogP contribution in [0.15, 0.2) is 24.3 Å². The van der Waals surface area contributed by atoms with E-state index >= 15 is 0 Å². The van der Waals surface area contributed by atoms with E-state index in [1.165, 1.54) is 12.1 Å². The van der Waals surface area contributed by atoms with E-state index in [1.54, 1.807) is 0 Å². The number of benzene rings is 1. The molecule has 0 heterocycles. The van der Waals surface area contributed by atoms with E-state index in [4.69, 9.17) is 18.0 Å². The summed E-state index contributed by atoms with van der Waals surface area (Å²) in [7, 11) is 2.11. The lowest BCUT2D eigenvalue weighted by Crippen LogP contribution is -2.23. The fraction of sp³-hybridized carbons (Fsp3) is 0.462. The van der Waals surface area contributed by atoms with Gasteiger partial charge in [-0.3, -0.25) is 0 Å². The van der Waals surface area contributed by atoms with E-state index in [1.807, 2.05) is 12.1 Å². The van der Waals surface area contributed by atoms with Crippen molar-refractivity contribution in [3.63, 3.8) is 0 Å². The highest BCUT2D eigenvalue weighted by Crippen LogP contribution is 2.16. The monoisotopic (exact) mass is 236 g/mol. The van der Waals surface area contributed by atoms with Crippen molar-refractivity contribution < 1.29 is 0 Å². The average Bonchev–Trinajstić information content (AvgIpc) is 2.28. The Kier molecular flexibility index (Phi) is 4.74. The molecule has 88 valence electrons. The predicted octanol–water partition coefficient (Wildman–Crippen LogP) is 2.80. The predicted molar refractivity (Wildman–Crippen MR) is 75.1 cm³/mol. The van der Waals surface area contributed by atoms with Crippen LogP contribution in [0.5, 0.6) is 0 Å². The van der Waals surface area contributed by atoms with Gasteiger partial charge in [-0.15, -0.1) is 0 Å². The van der Waals surface area contributed by atoms with Crippen LogP contribution in [-0.2, 0) is 0 Å². The molecule has 1 atom stereocenters. The Morgan fingerprint density at radius 2 is 1.94 bits per heavy atom. The Hall–Kier alpha value is -1.09. The fourth-order valence-electron chi connectivity index (χ4n) is 1.58. The Labute approximate surface area is 103 Å². The zero-order chi connectivity index (χ0) is 12.1. The van der Waals surface area contributed by atoms with Crippen molar-refractivity contribution >= 4 is 22.9 Å². The largest absolute Gasteiger partial charge is 0.389 e. The molecule has 0 aromatic heterocycles. The highest BCUT2D eigenvalue weighted by molar-refractivity contribution is 7.80. The first kappa shape index (κ1) is 13.0. The van der Waals surface area contributed by atoms with Crippen LogP contribution in [0.4, 0.5) is 5.69 Å². The standard InChI is InChI=1S/C13H20N2S/c1-4-10(2)9-15(3)12-7-5-11(6-8-12)13(14)16/h5-8,10H,4,9H2,1-3H3,(H2,14,16). The summed E-state index contributed by atoms with van der Waals surface area (Å²) in [6, 6.07) is 8.09. The van der Waals surface area contributed by atoms with Crippen molar-refractivity contribution in [3.05, 3.63) is 29.8 Å². The second-order valence-corrected chi connectivity index (χ2v) is 4.74. The lowest BCUT2D eigenvalue weighted by molar-refractivity contribution is 0.560. The maximum absolute atomic E-state index is 5.56. The van der Waals surface area contributed by atoms with Crippen molar-refractivity contribution in [1.82, 2.24) is 0 Å². The molecule has 0 aliphatic rings. The van der Waals surface area contributed by atoms with Crippen LogP contribution < -0.4 is 10.6 Å². The van der Waals surface area contributed by atoms with Crippen LogP contribution >= 0.6 is 12.2 Å². The number of rotatable bonds is 5. The molecule has 0 saturated heterocycles. The van der Waals surface area contributed by atoms with Gasteiger partial charge >= 0.3 is 0 Å². The molecule has 2 N–H and O–H groups in total. The second-order valence-electron chi connectivity index (χ2n) is 4.31. The number of thiocarbonyl (C=S) groups is 1. The molecule has 1 aromatic carbocycles. The summed E-state index contributed by atoms with van der Waals surface area (Å²) in [5.41, 5.74) is 7.70. The molecule has 1 unspecified atom stereocenters. The fourth-order valence-corrected chi connectivity index (χ4v) is 1.72. The van der Waals surface area contributed by atoms with E-state index in [0.717, 1.165) is 12.1 Å². The van der Waals surface area contributed by atoms with Crippen molar-refractivity contribution in [2.45, 2.75) is 20.3 Å². The number of nitrogens with zero attached hydrogens (tertiary/aromatic N) is 1. The Balaban J connectivity index is 2.70. The molecular formula is C13H20N2S. The van der Waals surface area contributed by atoms with Gasteiger partial charge in [-0.1, -0.05) is 32.5 Å². The van der Waals surface area contributed by atoms with Gasteiger partial charge in [0.15, 0.2) is 0 Å². The van der Waals surface area contributed by atoms with Crippen LogP contribution in [0, 0.1) is 5.92 Å². The molecule has 16 heavy (non-hydrogen) atoms. The summed E-state index contributed by atoms with van der Waals surface area (Å²) >= 11 is 4.92. The van der Waals surface area contributed by atoms with Gasteiger partial charge in [0.25, 0.3) is 0 Å². The summed E-state index contributed by atoms with van der Waals surface area (Å²) in [5.74, 6) is 0.709. The minimum atomic E-state index is 0.455. The third-order valence-electron chi connectivity index (χ3n) is 2.88. The number of anilines is 1. The van der Waals surface area contributed by atoms with Crippen LogP contribution in [-0.4, -0.2) is 18.6 Å². The van der Waals surface area contributed by atoms with Crippen molar-refractivity contribution in [3.8, 4) is 0 Å². The van der Waals surface area contributed by atoms with Gasteiger partial charge in [0.05, 0.1) is 0 Å². The molecule has 0 bridgehead atoms. The summed E-state index contributed by atoms with van der Waals surface area (Å²) in [4.78, 5) is 2.72. The minimum Gasteiger partial charge on any atom is -0.389 e. The van der Waals surface area contributed by atoms with Gasteiger partial charge < -0.3 is 10.6 Å². The van der Waals surface area contributed by atoms with Gasteiger partial charge in [-0.05, 0) is 30.2 Å². The van der Waals surface area contributed by atoms with E-state index in [-0.39, 0.29) is 0 Å². The molecule has 3 heteroatoms. The van der Waals surface area contributed by atoms with E-state index < -0.39 is 0 Å². The van der Waals surface area contributed by atoms with Crippen LogP contribution in [0.1, 0.15) is 25.8 Å². The highest BCUT2D eigenvalue weighted by atomic mass is 32.1. The van der Waals surface area contributed by atoms with Gasteiger partial charge in [0.2, 0.25) is 0 Å². The third kappa shape index (κ3) is 3.49. The first-order valence-corrected chi connectivity index (χ1v) is 6.06. The molecule has 0 saturated carbocycles. The summed E-state index contributed by atoms with van der Waals surface area (Å²) < 4.78 is 0. The number of hydrogen-bond acceptors (Lipinski definition) is 2. The zero-order valence-electron chi connectivity index (χ0n) is 10.2. The maximum atomic E-state index is 5.56. The molecule has 2 nitrogen and oxygen atoms in total. The smallest absolute Gasteiger partial charge is 0.103 e. The molecule has 0 fully saturated rings. The highest BCUT2D eigenvalue weighted by Gasteiger charge is 2.05. The topological polar surface area (TPSA) is 29.3 Å². The van der Waals surface area contributed by atoms with Gasteiger partial charge in [-0.2, -0.15) is 0 Å². The van der Waals surface area contributed by atoms with Crippen LogP contribution in [0.3, 0.4) is 0 Å². The summed E-state index contributed by atoms with van der Waals surface area (Å²) in [6.45, 7) is 5.55. The molecule has 1 aromatic rings. The Morgan fingerprint density at radius 1 is 1.38 bits per heavy atom. The third-order valence-corrected chi connectivity index (χ3v) is 3.11. The van der Waals surface area contributed by atoms with Crippen LogP contribution in [0.2, 0.25) is 0 Å². The molecule has 0 aliphatic heterocycles. The van der Waals surface area contributed by atoms with Crippen molar-refractivity contribution in [2.75, 3.05) is 18.5 Å². The molecule has 0 amide bonds. The summed E-state index contributed by atoms with van der Waals surface area (Å²) in [6.07, 6.45) is 1.20. The lowest BCUT2D eigenvalue weighted by Gasteiger charge is -2.22. The quantitative estimate of drug-likeness (QED) is 0.797. The molecule has 1 rings (SSSR count). The first-order valence-electron chi connectivity index (χ1n) is 5.65. The normalized spacial score (nSPS) is 12.2. The summed E-state index contributed by atoms with van der Waals surface area (Å²) in [5, 5.41) is 0. The lowest BCUT2D eigenvalue weighted by atomic mass is 10.1. The molecular weight excluding hydrogens is 216 g/mol. The van der Waals surface area contributed by atoms with Gasteiger partial charge in [-0.25, -0.2) is 0 Å². The van der Waals surface area contributed by atoms with Crippen molar-refractivity contribution in [2.24, 2.45) is 11.7 Å². The average molecular weight is 236 g/mol. The zero-order valence-corrected chi connectivity index (χ0v) is 11.1. The van der Waals surface area contributed by atoms with E-state index in [2.05, 4.69) is 37.9 Å². The van der Waals surface area contributed by atoms with Gasteiger partial charge in [0, 0.05) is 24.8 Å². The number of nitrogens with two attached hydrogens (primary N) is 1. The maximum Gasteiger partial charge on any atom is 0.103 e. The first-order chi connectivity index (χ1) is 7.54. The minimum absolute atomic E-state index is 0.455.